The van der Waals surface area contributed by atoms with E-state index in [9.17, 15) is 23.9 Å². The first-order valence-corrected chi connectivity index (χ1v) is 12.9. The van der Waals surface area contributed by atoms with Gasteiger partial charge in [-0.3, -0.25) is 4.79 Å². The summed E-state index contributed by atoms with van der Waals surface area (Å²) in [6.07, 6.45) is -0.656. The van der Waals surface area contributed by atoms with E-state index in [1.54, 1.807) is 24.3 Å². The SMILES string of the molecule is O=C(N[C@@H](CNC(=O)C1CCN(c2cccc(NC3=NCC(F)CN3)c2)CC1)C(=O)O)OCc1ccccc1. The van der Waals surface area contributed by atoms with E-state index in [1.807, 2.05) is 30.3 Å². The summed E-state index contributed by atoms with van der Waals surface area (Å²) < 4.78 is 18.3. The monoisotopic (exact) mass is 540 g/mol. The van der Waals surface area contributed by atoms with E-state index < -0.39 is 24.3 Å². The minimum atomic E-state index is -1.31. The summed E-state index contributed by atoms with van der Waals surface area (Å²) in [5.74, 6) is -1.25. The molecule has 0 radical (unpaired) electrons. The molecule has 2 atom stereocenters. The Kier molecular flexibility index (Phi) is 9.54. The largest absolute Gasteiger partial charge is 0.480 e. The van der Waals surface area contributed by atoms with Gasteiger partial charge in [0.15, 0.2) is 5.96 Å². The van der Waals surface area contributed by atoms with E-state index in [0.717, 1.165) is 16.9 Å². The highest BCUT2D eigenvalue weighted by Gasteiger charge is 2.27. The summed E-state index contributed by atoms with van der Waals surface area (Å²) in [7, 11) is 0. The van der Waals surface area contributed by atoms with Crippen LogP contribution in [0.1, 0.15) is 18.4 Å². The lowest BCUT2D eigenvalue weighted by Crippen LogP contribution is -2.50. The first-order chi connectivity index (χ1) is 18.9. The third-order valence-corrected chi connectivity index (χ3v) is 6.56. The van der Waals surface area contributed by atoms with E-state index in [4.69, 9.17) is 4.74 Å². The lowest BCUT2D eigenvalue weighted by Gasteiger charge is -2.33. The van der Waals surface area contributed by atoms with Gasteiger partial charge >= 0.3 is 12.1 Å². The molecule has 0 saturated carbocycles. The molecule has 0 spiro atoms. The fourth-order valence-electron chi connectivity index (χ4n) is 4.37. The van der Waals surface area contributed by atoms with Crippen molar-refractivity contribution in [3.05, 3.63) is 60.2 Å². The number of hydrogen-bond acceptors (Lipinski definition) is 8. The van der Waals surface area contributed by atoms with Gasteiger partial charge in [0.05, 0.1) is 13.1 Å². The molecule has 0 aliphatic carbocycles. The van der Waals surface area contributed by atoms with Gasteiger partial charge in [-0.05, 0) is 36.6 Å². The fraction of sp³-hybridized carbons (Fsp3) is 0.407. The van der Waals surface area contributed by atoms with Crippen molar-refractivity contribution in [1.29, 1.82) is 0 Å². The molecule has 2 heterocycles. The van der Waals surface area contributed by atoms with Gasteiger partial charge in [0.1, 0.15) is 18.8 Å². The van der Waals surface area contributed by atoms with E-state index in [1.165, 1.54) is 0 Å². The second kappa shape index (κ2) is 13.4. The summed E-state index contributed by atoms with van der Waals surface area (Å²) >= 11 is 0. The molecule has 11 nitrogen and oxygen atoms in total. The number of aliphatic carboxylic acids is 1. The molecule has 2 aromatic carbocycles. The number of nitrogens with zero attached hydrogens (tertiary/aromatic N) is 2. The second-order valence-electron chi connectivity index (χ2n) is 9.45. The number of carbonyl (C=O) groups excluding carboxylic acids is 2. The van der Waals surface area contributed by atoms with Gasteiger partial charge in [-0.1, -0.05) is 36.4 Å². The molecule has 4 rings (SSSR count). The molecular weight excluding hydrogens is 507 g/mol. The maximum Gasteiger partial charge on any atom is 0.408 e. The topological polar surface area (TPSA) is 144 Å². The molecule has 1 saturated heterocycles. The standard InChI is InChI=1S/C27H33FN6O5/c28-20-14-30-26(31-15-20)32-21-7-4-8-22(13-21)34-11-9-19(10-12-34)24(35)29-16-23(25(36)37)33-27(38)39-17-18-5-2-1-3-6-18/h1-8,13,19-20,23H,9-12,14-17H2,(H,29,35)(H,33,38)(H,36,37)(H2,30,31,32)/t23-/m0/s1. The van der Waals surface area contributed by atoms with Crippen molar-refractivity contribution in [1.82, 2.24) is 16.0 Å². The number of anilines is 2. The number of guanidine groups is 1. The van der Waals surface area contributed by atoms with Gasteiger partial charge in [0.25, 0.3) is 0 Å². The average Bonchev–Trinajstić information content (AvgIpc) is 2.96. The Hall–Kier alpha value is -4.35. The molecule has 0 bridgehead atoms. The van der Waals surface area contributed by atoms with E-state index in [2.05, 4.69) is 31.2 Å². The molecule has 1 fully saturated rings. The number of carbonyl (C=O) groups is 3. The molecule has 2 aliphatic heterocycles. The predicted octanol–water partition coefficient (Wildman–Crippen LogP) is 2.11. The van der Waals surface area contributed by atoms with Crippen LogP contribution in [0.4, 0.5) is 20.6 Å². The number of piperidine rings is 1. The molecule has 5 N–H and O–H groups in total. The number of carboxylic acid groups (broad SMARTS) is 1. The van der Waals surface area contributed by atoms with Gasteiger partial charge in [0, 0.05) is 36.9 Å². The molecule has 2 aliphatic rings. The van der Waals surface area contributed by atoms with Crippen LogP contribution in [-0.4, -0.2) is 74.0 Å². The molecule has 39 heavy (non-hydrogen) atoms. The normalized spacial score (nSPS) is 18.2. The number of benzene rings is 2. The van der Waals surface area contributed by atoms with Gasteiger partial charge < -0.3 is 36.0 Å². The van der Waals surface area contributed by atoms with Crippen molar-refractivity contribution in [2.45, 2.75) is 31.7 Å². The van der Waals surface area contributed by atoms with Crippen LogP contribution in [-0.2, 0) is 20.9 Å². The third-order valence-electron chi connectivity index (χ3n) is 6.56. The lowest BCUT2D eigenvalue weighted by molar-refractivity contribution is -0.139. The number of alkyl carbamates (subject to hydrolysis) is 1. The van der Waals surface area contributed by atoms with Crippen molar-refractivity contribution in [3.63, 3.8) is 0 Å². The molecule has 0 aromatic heterocycles. The molecule has 2 aromatic rings. The van der Waals surface area contributed by atoms with Gasteiger partial charge in [-0.25, -0.2) is 19.0 Å². The minimum absolute atomic E-state index is 0.00806. The van der Waals surface area contributed by atoms with Gasteiger partial charge in [-0.2, -0.15) is 0 Å². The van der Waals surface area contributed by atoms with Gasteiger partial charge in [-0.15, -0.1) is 0 Å². The van der Waals surface area contributed by atoms with Crippen LogP contribution in [0, 0.1) is 5.92 Å². The molecule has 2 amide bonds. The molecule has 1 unspecified atom stereocenters. The van der Waals surface area contributed by atoms with Crippen LogP contribution in [0.15, 0.2) is 59.6 Å². The Balaban J connectivity index is 1.21. The Morgan fingerprint density at radius 3 is 2.59 bits per heavy atom. The number of rotatable bonds is 9. The average molecular weight is 541 g/mol. The van der Waals surface area contributed by atoms with Crippen molar-refractivity contribution in [2.24, 2.45) is 10.9 Å². The van der Waals surface area contributed by atoms with Crippen molar-refractivity contribution in [2.75, 3.05) is 42.9 Å². The van der Waals surface area contributed by atoms with Crippen LogP contribution in [0.5, 0.6) is 0 Å². The minimum Gasteiger partial charge on any atom is -0.480 e. The number of carboxylic acids is 1. The smallest absolute Gasteiger partial charge is 0.408 e. The zero-order valence-corrected chi connectivity index (χ0v) is 21.4. The third kappa shape index (κ3) is 8.32. The highest BCUT2D eigenvalue weighted by Crippen LogP contribution is 2.26. The van der Waals surface area contributed by atoms with Crippen LogP contribution in [0.3, 0.4) is 0 Å². The Morgan fingerprint density at radius 1 is 1.13 bits per heavy atom. The zero-order chi connectivity index (χ0) is 27.6. The fourth-order valence-corrected chi connectivity index (χ4v) is 4.37. The Morgan fingerprint density at radius 2 is 1.90 bits per heavy atom. The Bertz CT molecular complexity index is 1170. The molecule has 208 valence electrons. The maximum atomic E-state index is 13.3. The second-order valence-corrected chi connectivity index (χ2v) is 9.45. The van der Waals surface area contributed by atoms with Crippen LogP contribution in [0.2, 0.25) is 0 Å². The van der Waals surface area contributed by atoms with Crippen LogP contribution in [0.25, 0.3) is 0 Å². The number of alkyl halides is 1. The number of aliphatic imine (C=N–C) groups is 1. The summed E-state index contributed by atoms with van der Waals surface area (Å²) in [6.45, 7) is 1.42. The molecule has 12 heteroatoms. The van der Waals surface area contributed by atoms with Crippen LogP contribution >= 0.6 is 0 Å². The van der Waals surface area contributed by atoms with Crippen molar-refractivity contribution < 1.29 is 28.6 Å². The first kappa shape index (κ1) is 27.7. The summed E-state index contributed by atoms with van der Waals surface area (Å²) in [5.41, 5.74) is 2.59. The van der Waals surface area contributed by atoms with Crippen LogP contribution < -0.4 is 26.2 Å². The predicted molar refractivity (Wildman–Crippen MR) is 144 cm³/mol. The van der Waals surface area contributed by atoms with E-state index in [-0.39, 0.29) is 38.1 Å². The number of halogens is 1. The zero-order valence-electron chi connectivity index (χ0n) is 21.4. The van der Waals surface area contributed by atoms with Crippen molar-refractivity contribution >= 4 is 35.3 Å². The number of amides is 2. The quantitative estimate of drug-likeness (QED) is 0.325. The highest BCUT2D eigenvalue weighted by atomic mass is 19.1. The maximum absolute atomic E-state index is 13.3. The number of nitrogens with one attached hydrogen (secondary N) is 4. The number of ether oxygens (including phenoxy) is 1. The summed E-state index contributed by atoms with van der Waals surface area (Å²) in [5, 5.41) is 20.5. The molecular formula is C27H33FN6O5. The Labute approximate surface area is 225 Å². The summed E-state index contributed by atoms with van der Waals surface area (Å²) in [4.78, 5) is 42.7. The summed E-state index contributed by atoms with van der Waals surface area (Å²) in [6, 6.07) is 15.5. The lowest BCUT2D eigenvalue weighted by atomic mass is 9.95. The van der Waals surface area contributed by atoms with E-state index in [0.29, 0.717) is 31.9 Å². The van der Waals surface area contributed by atoms with E-state index >= 15 is 0 Å². The first-order valence-electron chi connectivity index (χ1n) is 12.9. The van der Waals surface area contributed by atoms with Crippen molar-refractivity contribution in [3.8, 4) is 0 Å². The number of hydrogen-bond donors (Lipinski definition) is 5. The highest BCUT2D eigenvalue weighted by molar-refractivity contribution is 5.94. The van der Waals surface area contributed by atoms with Gasteiger partial charge in [0.2, 0.25) is 5.91 Å².